The minimum Gasteiger partial charge on any atom is -0.493 e. The van der Waals surface area contributed by atoms with E-state index in [2.05, 4.69) is 0 Å². The number of nitrogens with zero attached hydrogens (tertiary/aromatic N) is 3. The monoisotopic (exact) mass is 473 g/mol. The molecule has 0 unspecified atom stereocenters. The predicted octanol–water partition coefficient (Wildman–Crippen LogP) is 5.14. The maximum absolute atomic E-state index is 12.6. The molecule has 0 aromatic heterocycles. The van der Waals surface area contributed by atoms with Crippen LogP contribution in [0, 0.1) is 20.2 Å². The molecule has 11 nitrogen and oxygen atoms in total. The highest BCUT2D eigenvalue weighted by atomic mass is 32.2. The van der Waals surface area contributed by atoms with Crippen LogP contribution >= 0.6 is 11.8 Å². The molecular weight excluding hydrogens is 454 g/mol. The van der Waals surface area contributed by atoms with Crippen molar-refractivity contribution in [1.29, 1.82) is 0 Å². The van der Waals surface area contributed by atoms with Gasteiger partial charge >= 0.3 is 5.69 Å². The number of ether oxygens (including phenoxy) is 2. The Balaban J connectivity index is 1.91. The fourth-order valence-corrected chi connectivity index (χ4v) is 3.95. The fourth-order valence-electron chi connectivity index (χ4n) is 3.02. The number of carbonyl (C=O) groups excluding carboxylic acids is 2. The van der Waals surface area contributed by atoms with E-state index in [-0.39, 0.29) is 39.3 Å². The Kier molecular flexibility index (Phi) is 6.97. The number of non-ortho nitro benzene ring substituents is 1. The summed E-state index contributed by atoms with van der Waals surface area (Å²) in [6.07, 6.45) is 2.19. The van der Waals surface area contributed by atoms with Crippen LogP contribution in [0.25, 0.3) is 6.08 Å². The van der Waals surface area contributed by atoms with Gasteiger partial charge in [-0.1, -0.05) is 13.0 Å². The lowest BCUT2D eigenvalue weighted by molar-refractivity contribution is -0.394. The Morgan fingerprint density at radius 1 is 1.06 bits per heavy atom. The van der Waals surface area contributed by atoms with E-state index in [0.29, 0.717) is 12.0 Å². The molecule has 0 N–H and O–H groups in total. The fraction of sp³-hybridized carbons (Fsp3) is 0.238. The summed E-state index contributed by atoms with van der Waals surface area (Å²) in [5, 5.41) is 21.9. The summed E-state index contributed by atoms with van der Waals surface area (Å²) >= 11 is 0.846. The average molecular weight is 473 g/mol. The first kappa shape index (κ1) is 23.7. The Morgan fingerprint density at radius 3 is 2.36 bits per heavy atom. The Hall–Kier alpha value is -3.93. The van der Waals surface area contributed by atoms with Gasteiger partial charge < -0.3 is 9.47 Å². The van der Waals surface area contributed by atoms with Gasteiger partial charge in [-0.05, 0) is 54.9 Å². The minimum absolute atomic E-state index is 0.124. The first-order valence-corrected chi connectivity index (χ1v) is 10.5. The topological polar surface area (TPSA) is 142 Å². The smallest absolute Gasteiger partial charge is 0.318 e. The zero-order chi connectivity index (χ0) is 24.3. The average Bonchev–Trinajstić information content (AvgIpc) is 3.06. The van der Waals surface area contributed by atoms with Crippen LogP contribution in [-0.2, 0) is 4.79 Å². The number of thioether (sulfide) groups is 1. The molecule has 1 aliphatic heterocycles. The highest BCUT2D eigenvalue weighted by Gasteiger charge is 2.37. The van der Waals surface area contributed by atoms with Crippen LogP contribution in [0.2, 0.25) is 0 Å². The van der Waals surface area contributed by atoms with Gasteiger partial charge in [0.2, 0.25) is 5.75 Å². The van der Waals surface area contributed by atoms with Gasteiger partial charge in [0.15, 0.2) is 11.5 Å². The molecule has 0 radical (unpaired) electrons. The second-order valence-corrected chi connectivity index (χ2v) is 7.98. The minimum atomic E-state index is -0.781. The number of methoxy groups -OCH3 is 1. The van der Waals surface area contributed by atoms with Crippen molar-refractivity contribution in [3.8, 4) is 17.2 Å². The number of nitro benzene ring substituents is 2. The number of nitro groups is 2. The number of carbonyl (C=O) groups is 2. The van der Waals surface area contributed by atoms with Crippen molar-refractivity contribution in [2.45, 2.75) is 26.3 Å². The van der Waals surface area contributed by atoms with E-state index in [9.17, 15) is 29.8 Å². The third kappa shape index (κ3) is 4.95. The molecule has 2 aromatic rings. The normalized spacial score (nSPS) is 15.6. The van der Waals surface area contributed by atoms with E-state index >= 15 is 0 Å². The van der Waals surface area contributed by atoms with Crippen molar-refractivity contribution < 1.29 is 28.9 Å². The molecule has 0 aliphatic carbocycles. The van der Waals surface area contributed by atoms with Crippen LogP contribution in [0.15, 0.2) is 41.3 Å². The molecule has 2 aromatic carbocycles. The number of benzene rings is 2. The SMILES string of the molecule is CC[C@H](C)N1C(=O)S/C(=C/c2ccc(Oc3ccc([N+](=O)[O-])cc3[N+](=O)[O-])c(OC)c2)C1=O. The highest BCUT2D eigenvalue weighted by Crippen LogP contribution is 2.39. The molecule has 2 amide bonds. The van der Waals surface area contributed by atoms with Crippen molar-refractivity contribution >= 4 is 40.4 Å². The summed E-state index contributed by atoms with van der Waals surface area (Å²) in [4.78, 5) is 47.0. The summed E-state index contributed by atoms with van der Waals surface area (Å²) < 4.78 is 10.9. The Bertz CT molecular complexity index is 1180. The van der Waals surface area contributed by atoms with E-state index in [0.717, 1.165) is 30.0 Å². The van der Waals surface area contributed by atoms with E-state index in [4.69, 9.17) is 9.47 Å². The zero-order valence-corrected chi connectivity index (χ0v) is 18.7. The van der Waals surface area contributed by atoms with Gasteiger partial charge in [-0.2, -0.15) is 0 Å². The molecule has 1 atom stereocenters. The summed E-state index contributed by atoms with van der Waals surface area (Å²) in [6, 6.07) is 7.44. The summed E-state index contributed by atoms with van der Waals surface area (Å²) in [7, 11) is 1.37. The zero-order valence-electron chi connectivity index (χ0n) is 17.8. The number of hydrogen-bond donors (Lipinski definition) is 0. The number of amides is 2. The molecule has 1 heterocycles. The lowest BCUT2D eigenvalue weighted by Crippen LogP contribution is -2.36. The second kappa shape index (κ2) is 9.69. The summed E-state index contributed by atoms with van der Waals surface area (Å²) in [5.74, 6) is -0.247. The molecule has 1 fully saturated rings. The van der Waals surface area contributed by atoms with Gasteiger partial charge in [0, 0.05) is 12.1 Å². The van der Waals surface area contributed by atoms with Crippen molar-refractivity contribution in [1.82, 2.24) is 4.90 Å². The molecule has 172 valence electrons. The third-order valence-electron chi connectivity index (χ3n) is 4.91. The molecule has 33 heavy (non-hydrogen) atoms. The van der Waals surface area contributed by atoms with Crippen LogP contribution in [0.4, 0.5) is 16.2 Å². The molecule has 0 saturated carbocycles. The molecule has 0 bridgehead atoms. The quantitative estimate of drug-likeness (QED) is 0.289. The van der Waals surface area contributed by atoms with Crippen LogP contribution in [0.5, 0.6) is 17.2 Å². The van der Waals surface area contributed by atoms with Crippen molar-refractivity contribution in [2.24, 2.45) is 0 Å². The van der Waals surface area contributed by atoms with Crippen LogP contribution < -0.4 is 9.47 Å². The number of imide groups is 1. The maximum atomic E-state index is 12.6. The third-order valence-corrected chi connectivity index (χ3v) is 5.79. The molecule has 1 saturated heterocycles. The number of rotatable bonds is 8. The van der Waals surface area contributed by atoms with Crippen molar-refractivity contribution in [3.05, 3.63) is 67.1 Å². The van der Waals surface area contributed by atoms with E-state index in [1.54, 1.807) is 25.1 Å². The van der Waals surface area contributed by atoms with Gasteiger partial charge in [0.25, 0.3) is 16.8 Å². The molecule has 1 aliphatic rings. The molecule has 0 spiro atoms. The summed E-state index contributed by atoms with van der Waals surface area (Å²) in [6.45, 7) is 3.68. The van der Waals surface area contributed by atoms with Crippen LogP contribution in [-0.4, -0.2) is 39.0 Å². The largest absolute Gasteiger partial charge is 0.493 e. The first-order valence-electron chi connectivity index (χ1n) is 9.72. The van der Waals surface area contributed by atoms with Gasteiger partial charge in [-0.3, -0.25) is 34.7 Å². The first-order chi connectivity index (χ1) is 15.7. The van der Waals surface area contributed by atoms with Crippen LogP contribution in [0.3, 0.4) is 0 Å². The predicted molar refractivity (Wildman–Crippen MR) is 120 cm³/mol. The van der Waals surface area contributed by atoms with Gasteiger partial charge in [-0.25, -0.2) is 0 Å². The lowest BCUT2D eigenvalue weighted by atomic mass is 10.1. The highest BCUT2D eigenvalue weighted by molar-refractivity contribution is 8.18. The van der Waals surface area contributed by atoms with E-state index in [1.165, 1.54) is 18.1 Å². The van der Waals surface area contributed by atoms with Gasteiger partial charge in [-0.15, -0.1) is 0 Å². The van der Waals surface area contributed by atoms with E-state index < -0.39 is 21.2 Å². The Morgan fingerprint density at radius 2 is 1.76 bits per heavy atom. The van der Waals surface area contributed by atoms with Crippen LogP contribution in [0.1, 0.15) is 25.8 Å². The standard InChI is InChI=1S/C21H19N3O8S/c1-4-12(2)22-20(25)19(33-21(22)26)10-13-5-7-17(18(9-13)31-3)32-16-8-6-14(23(27)28)11-15(16)24(29)30/h5-12H,4H2,1-3H3/b19-10+/t12-/m0/s1. The van der Waals surface area contributed by atoms with Gasteiger partial charge in [0.05, 0.1) is 27.9 Å². The maximum Gasteiger partial charge on any atom is 0.318 e. The van der Waals surface area contributed by atoms with Crippen molar-refractivity contribution in [2.75, 3.05) is 7.11 Å². The van der Waals surface area contributed by atoms with Crippen molar-refractivity contribution in [3.63, 3.8) is 0 Å². The second-order valence-electron chi connectivity index (χ2n) is 6.99. The molecule has 12 heteroatoms. The molecule has 3 rings (SSSR count). The Labute approximate surface area is 192 Å². The number of hydrogen-bond acceptors (Lipinski definition) is 9. The lowest BCUT2D eigenvalue weighted by Gasteiger charge is -2.19. The van der Waals surface area contributed by atoms with Gasteiger partial charge in [0.1, 0.15) is 0 Å². The van der Waals surface area contributed by atoms with E-state index in [1.807, 2.05) is 6.92 Å². The molecular formula is C21H19N3O8S. The summed E-state index contributed by atoms with van der Waals surface area (Å²) in [5.41, 5.74) is -0.469.